The van der Waals surface area contributed by atoms with Crippen LogP contribution in [-0.2, 0) is 15.9 Å². The number of nitrogens with one attached hydrogen (secondary N) is 1. The van der Waals surface area contributed by atoms with Crippen molar-refractivity contribution >= 4 is 37.1 Å². The fraction of sp³-hybridized carbons (Fsp3) is 0.458. The Hall–Kier alpha value is -1.32. The van der Waals surface area contributed by atoms with Crippen molar-refractivity contribution in [2.45, 2.75) is 72.0 Å². The molecule has 1 aromatic carbocycles. The first kappa shape index (κ1) is 27.7. The summed E-state index contributed by atoms with van der Waals surface area (Å²) in [5, 5.41) is 3.47. The first-order valence-electron chi connectivity index (χ1n) is 10.5. The summed E-state index contributed by atoms with van der Waals surface area (Å²) >= 11 is 12.1. The zero-order chi connectivity index (χ0) is 23.4. The lowest BCUT2D eigenvalue weighted by Gasteiger charge is -2.14. The standard InChI is InChI=1S/C24H34Cl2NO3P/c1-17(2)8-5-9-18(3)10-6-11-19(4)14-15-22(31(29)30)24(28)27-16-20-12-7-13-21(25)23(20)26/h7-8,10,12-14,22,31H,5-6,9,11,15-16H2,1-4H3,(H,27,28)(H,29,30). The molecule has 31 heavy (non-hydrogen) atoms. The van der Waals surface area contributed by atoms with E-state index in [2.05, 4.69) is 38.2 Å². The lowest BCUT2D eigenvalue weighted by molar-refractivity contribution is -0.120. The molecule has 0 saturated heterocycles. The molecule has 0 heterocycles. The van der Waals surface area contributed by atoms with Gasteiger partial charge in [0.2, 0.25) is 13.9 Å². The molecule has 172 valence electrons. The van der Waals surface area contributed by atoms with Crippen molar-refractivity contribution in [3.8, 4) is 0 Å². The first-order valence-corrected chi connectivity index (χ1v) is 12.7. The second-order valence-electron chi connectivity index (χ2n) is 8.02. The van der Waals surface area contributed by atoms with Crippen LogP contribution in [0.2, 0.25) is 10.0 Å². The van der Waals surface area contributed by atoms with Gasteiger partial charge in [-0.05, 0) is 71.4 Å². The molecule has 0 fully saturated rings. The van der Waals surface area contributed by atoms with Crippen LogP contribution < -0.4 is 5.32 Å². The number of carbonyl (C=O) groups excluding carboxylic acids is 1. The Labute approximate surface area is 197 Å². The molecule has 1 rings (SSSR count). The molecule has 0 saturated carbocycles. The highest BCUT2D eigenvalue weighted by atomic mass is 35.5. The summed E-state index contributed by atoms with van der Waals surface area (Å²) in [4.78, 5) is 22.1. The molecule has 2 atom stereocenters. The van der Waals surface area contributed by atoms with Gasteiger partial charge in [-0.15, -0.1) is 0 Å². The number of allylic oxidation sites excluding steroid dienone is 6. The molecule has 0 aliphatic rings. The molecule has 4 nitrogen and oxygen atoms in total. The number of carbonyl (C=O) groups is 1. The van der Waals surface area contributed by atoms with Gasteiger partial charge in [0, 0.05) is 6.54 Å². The van der Waals surface area contributed by atoms with Crippen molar-refractivity contribution in [3.05, 3.63) is 68.8 Å². The van der Waals surface area contributed by atoms with Gasteiger partial charge in [0.15, 0.2) is 0 Å². The minimum absolute atomic E-state index is 0.156. The zero-order valence-corrected chi connectivity index (χ0v) is 21.3. The monoisotopic (exact) mass is 485 g/mol. The third-order valence-electron chi connectivity index (χ3n) is 4.92. The summed E-state index contributed by atoms with van der Waals surface area (Å²) in [5.74, 6) is -0.457. The summed E-state index contributed by atoms with van der Waals surface area (Å²) in [5.41, 5.74) is 3.51. The predicted octanol–water partition coefficient (Wildman–Crippen LogP) is 7.25. The maximum atomic E-state index is 12.5. The molecule has 0 aliphatic heterocycles. The molecule has 1 aromatic rings. The van der Waals surface area contributed by atoms with E-state index in [0.29, 0.717) is 15.6 Å². The molecular weight excluding hydrogens is 452 g/mol. The van der Waals surface area contributed by atoms with Crippen molar-refractivity contribution in [2.75, 3.05) is 0 Å². The quantitative estimate of drug-likeness (QED) is 0.242. The van der Waals surface area contributed by atoms with E-state index in [0.717, 1.165) is 31.3 Å². The Balaban J connectivity index is 2.56. The number of rotatable bonds is 12. The molecule has 0 aromatic heterocycles. The van der Waals surface area contributed by atoms with E-state index >= 15 is 0 Å². The second-order valence-corrected chi connectivity index (χ2v) is 10.2. The van der Waals surface area contributed by atoms with Crippen molar-refractivity contribution < 1.29 is 14.3 Å². The second kappa shape index (κ2) is 14.7. The molecule has 0 spiro atoms. The van der Waals surface area contributed by atoms with Gasteiger partial charge in [-0.3, -0.25) is 9.36 Å². The highest BCUT2D eigenvalue weighted by Crippen LogP contribution is 2.28. The van der Waals surface area contributed by atoms with Crippen LogP contribution in [0.4, 0.5) is 0 Å². The minimum Gasteiger partial charge on any atom is -0.351 e. The van der Waals surface area contributed by atoms with Gasteiger partial charge >= 0.3 is 0 Å². The average molecular weight is 486 g/mol. The highest BCUT2D eigenvalue weighted by Gasteiger charge is 2.22. The van der Waals surface area contributed by atoms with E-state index in [1.165, 1.54) is 11.1 Å². The van der Waals surface area contributed by atoms with E-state index < -0.39 is 19.6 Å². The van der Waals surface area contributed by atoms with Gasteiger partial charge in [0.1, 0.15) is 5.66 Å². The van der Waals surface area contributed by atoms with E-state index in [-0.39, 0.29) is 13.0 Å². The summed E-state index contributed by atoms with van der Waals surface area (Å²) in [6.07, 6.45) is 10.5. The normalized spacial score (nSPS) is 14.2. The van der Waals surface area contributed by atoms with Crippen LogP contribution in [0.3, 0.4) is 0 Å². The van der Waals surface area contributed by atoms with Gasteiger partial charge in [0.05, 0.1) is 10.0 Å². The first-order chi connectivity index (χ1) is 14.6. The van der Waals surface area contributed by atoms with Crippen molar-refractivity contribution in [2.24, 2.45) is 0 Å². The highest BCUT2D eigenvalue weighted by molar-refractivity contribution is 7.40. The topological polar surface area (TPSA) is 66.4 Å². The summed E-state index contributed by atoms with van der Waals surface area (Å²) in [6.45, 7) is 8.50. The summed E-state index contributed by atoms with van der Waals surface area (Å²) in [7, 11) is -3.02. The number of benzene rings is 1. The third-order valence-corrected chi connectivity index (χ3v) is 6.88. The number of hydrogen-bond acceptors (Lipinski definition) is 2. The Morgan fingerprint density at radius 2 is 1.68 bits per heavy atom. The lowest BCUT2D eigenvalue weighted by Crippen LogP contribution is -2.32. The van der Waals surface area contributed by atoms with Gasteiger partial charge in [-0.25, -0.2) is 0 Å². The Kier molecular flexibility index (Phi) is 13.1. The molecule has 0 aliphatic carbocycles. The van der Waals surface area contributed by atoms with Crippen LogP contribution in [0, 0.1) is 0 Å². The minimum atomic E-state index is -3.02. The van der Waals surface area contributed by atoms with Crippen LogP contribution in [-0.4, -0.2) is 16.5 Å². The third kappa shape index (κ3) is 11.2. The molecule has 2 N–H and O–H groups in total. The van der Waals surface area contributed by atoms with E-state index in [4.69, 9.17) is 23.2 Å². The van der Waals surface area contributed by atoms with E-state index in [9.17, 15) is 14.3 Å². The van der Waals surface area contributed by atoms with E-state index in [1.807, 2.05) is 13.0 Å². The molecule has 2 unspecified atom stereocenters. The Morgan fingerprint density at radius 3 is 2.29 bits per heavy atom. The lowest BCUT2D eigenvalue weighted by atomic mass is 10.1. The molecule has 7 heteroatoms. The van der Waals surface area contributed by atoms with Gasteiger partial charge in [-0.1, -0.05) is 70.3 Å². The predicted molar refractivity (Wildman–Crippen MR) is 133 cm³/mol. The van der Waals surface area contributed by atoms with Crippen LogP contribution in [0.15, 0.2) is 53.1 Å². The number of amides is 1. The van der Waals surface area contributed by atoms with E-state index in [1.54, 1.807) is 18.2 Å². The Morgan fingerprint density at radius 1 is 1.06 bits per heavy atom. The summed E-state index contributed by atoms with van der Waals surface area (Å²) < 4.78 is 11.8. The van der Waals surface area contributed by atoms with Gasteiger partial charge in [-0.2, -0.15) is 0 Å². The number of hydrogen-bond donors (Lipinski definition) is 2. The molecule has 0 bridgehead atoms. The van der Waals surface area contributed by atoms with Gasteiger partial charge in [0.25, 0.3) is 0 Å². The average Bonchev–Trinajstić information content (AvgIpc) is 2.68. The maximum absolute atomic E-state index is 12.5. The van der Waals surface area contributed by atoms with Crippen LogP contribution in [0.1, 0.15) is 65.4 Å². The molecule has 1 amide bonds. The molecular formula is C24H34Cl2NO3P. The van der Waals surface area contributed by atoms with Gasteiger partial charge < -0.3 is 10.2 Å². The maximum Gasteiger partial charge on any atom is 0.233 e. The fourth-order valence-corrected chi connectivity index (χ4v) is 4.00. The summed E-state index contributed by atoms with van der Waals surface area (Å²) in [6, 6.07) is 5.16. The smallest absolute Gasteiger partial charge is 0.233 e. The van der Waals surface area contributed by atoms with Crippen LogP contribution in [0.5, 0.6) is 0 Å². The van der Waals surface area contributed by atoms with Crippen molar-refractivity contribution in [3.63, 3.8) is 0 Å². The van der Waals surface area contributed by atoms with Crippen molar-refractivity contribution in [1.29, 1.82) is 0 Å². The molecule has 0 radical (unpaired) electrons. The number of halogens is 2. The largest absolute Gasteiger partial charge is 0.351 e. The van der Waals surface area contributed by atoms with Crippen LogP contribution in [0.25, 0.3) is 0 Å². The van der Waals surface area contributed by atoms with Crippen LogP contribution >= 0.6 is 31.2 Å². The Bertz CT molecular complexity index is 858. The zero-order valence-electron chi connectivity index (χ0n) is 18.8. The SMILES string of the molecule is CC(C)=CCCC(C)=CCCC(C)=CCC(C(=O)NCc1cccc(Cl)c1Cl)[PH](=O)O. The fourth-order valence-electron chi connectivity index (χ4n) is 2.97. The van der Waals surface area contributed by atoms with Crippen molar-refractivity contribution in [1.82, 2.24) is 5.32 Å².